The molecule has 0 fully saturated rings. The molecule has 1 aliphatic rings. The largest absolute Gasteiger partial charge is 0.481 e. The monoisotopic (exact) mass is 446 g/mol. The van der Waals surface area contributed by atoms with Crippen LogP contribution in [0.2, 0.25) is 0 Å². The van der Waals surface area contributed by atoms with E-state index < -0.39 is 11.9 Å². The topological polar surface area (TPSA) is 104 Å². The first-order valence-corrected chi connectivity index (χ1v) is 10.9. The summed E-state index contributed by atoms with van der Waals surface area (Å²) in [7, 11) is 0. The summed E-state index contributed by atoms with van der Waals surface area (Å²) in [6.07, 6.45) is 2.48. The molecule has 1 unspecified atom stereocenters. The molecule has 1 aliphatic heterocycles. The lowest BCUT2D eigenvalue weighted by atomic mass is 9.99. The van der Waals surface area contributed by atoms with Crippen molar-refractivity contribution in [1.82, 2.24) is 4.98 Å². The number of rotatable bonds is 10. The number of hydrogen-bond donors (Lipinski definition) is 3. The lowest BCUT2D eigenvalue weighted by Crippen LogP contribution is -2.39. The van der Waals surface area contributed by atoms with Crippen LogP contribution in [0, 0.1) is 0 Å². The lowest BCUT2D eigenvalue weighted by molar-refractivity contribution is -0.138. The second-order valence-corrected chi connectivity index (χ2v) is 7.69. The van der Waals surface area contributed by atoms with Crippen LogP contribution < -0.4 is 20.3 Å². The first kappa shape index (κ1) is 22.1. The number of aromatic nitrogens is 1. The second-order valence-electron chi connectivity index (χ2n) is 7.69. The van der Waals surface area contributed by atoms with Crippen molar-refractivity contribution in [3.05, 3.63) is 78.5 Å². The second kappa shape index (κ2) is 10.5. The zero-order valence-electron chi connectivity index (χ0n) is 18.1. The van der Waals surface area contributed by atoms with Gasteiger partial charge in [-0.25, -0.2) is 4.98 Å². The van der Waals surface area contributed by atoms with Gasteiger partial charge in [0, 0.05) is 37.6 Å². The number of fused-ring (bicyclic) bond motifs is 1. The van der Waals surface area contributed by atoms with E-state index in [4.69, 9.17) is 4.74 Å². The third-order valence-electron chi connectivity index (χ3n) is 5.44. The number of carboxylic acids is 1. The van der Waals surface area contributed by atoms with Gasteiger partial charge in [-0.15, -0.1) is 0 Å². The molecule has 0 saturated carbocycles. The molecular weight excluding hydrogens is 420 g/mol. The molecule has 2 aromatic carbocycles. The molecule has 1 aromatic heterocycles. The molecule has 2 heterocycles. The highest BCUT2D eigenvalue weighted by Crippen LogP contribution is 2.35. The molecule has 8 nitrogen and oxygen atoms in total. The summed E-state index contributed by atoms with van der Waals surface area (Å²) in [5, 5.41) is 16.1. The van der Waals surface area contributed by atoms with Crippen molar-refractivity contribution in [3.63, 3.8) is 0 Å². The highest BCUT2D eigenvalue weighted by molar-refractivity contribution is 5.98. The van der Waals surface area contributed by atoms with Crippen LogP contribution in [0.4, 0.5) is 17.2 Å². The third-order valence-corrected chi connectivity index (χ3v) is 5.44. The number of pyridine rings is 1. The average Bonchev–Trinajstić information content (AvgIpc) is 2.84. The molecule has 33 heavy (non-hydrogen) atoms. The Morgan fingerprint density at radius 3 is 2.67 bits per heavy atom. The summed E-state index contributed by atoms with van der Waals surface area (Å²) in [6.45, 7) is 1.45. The van der Waals surface area contributed by atoms with Crippen molar-refractivity contribution in [2.24, 2.45) is 0 Å². The molecule has 3 aromatic rings. The highest BCUT2D eigenvalue weighted by Gasteiger charge is 2.26. The van der Waals surface area contributed by atoms with E-state index in [1.165, 1.54) is 0 Å². The third kappa shape index (κ3) is 5.60. The minimum Gasteiger partial charge on any atom is -0.481 e. The Hall–Kier alpha value is -4.07. The minimum absolute atomic E-state index is 0.0219. The molecule has 8 heteroatoms. The Kier molecular flexibility index (Phi) is 7.04. The van der Waals surface area contributed by atoms with E-state index in [1.54, 1.807) is 11.1 Å². The van der Waals surface area contributed by atoms with E-state index in [9.17, 15) is 14.7 Å². The molecule has 4 rings (SSSR count). The maximum absolute atomic E-state index is 12.4. The number of carboxylic acid groups (broad SMARTS) is 1. The fourth-order valence-electron chi connectivity index (χ4n) is 3.73. The fourth-order valence-corrected chi connectivity index (χ4v) is 3.73. The number of nitrogens with one attached hydrogen (secondary N) is 2. The smallest absolute Gasteiger partial charge is 0.312 e. The van der Waals surface area contributed by atoms with Crippen LogP contribution in [-0.2, 0) is 9.59 Å². The van der Waals surface area contributed by atoms with Gasteiger partial charge in [0.25, 0.3) is 5.91 Å². The number of nitrogens with zero attached hydrogens (tertiary/aromatic N) is 2. The van der Waals surface area contributed by atoms with E-state index in [2.05, 4.69) is 15.6 Å². The summed E-state index contributed by atoms with van der Waals surface area (Å²) in [5.74, 6) is -0.246. The van der Waals surface area contributed by atoms with E-state index in [-0.39, 0.29) is 19.1 Å². The molecule has 170 valence electrons. The van der Waals surface area contributed by atoms with Crippen molar-refractivity contribution in [1.29, 1.82) is 0 Å². The summed E-state index contributed by atoms with van der Waals surface area (Å²) >= 11 is 0. The quantitative estimate of drug-likeness (QED) is 0.409. The number of hydrogen-bond acceptors (Lipinski definition) is 6. The normalized spacial score (nSPS) is 13.6. The molecule has 0 bridgehead atoms. The Labute approximate surface area is 192 Å². The van der Waals surface area contributed by atoms with E-state index >= 15 is 0 Å². The number of carbonyl (C=O) groups is 2. The molecule has 0 saturated heterocycles. The first-order valence-electron chi connectivity index (χ1n) is 10.9. The SMILES string of the molecule is O=C(O)C(CNc1ccc2c(c1)OCC(=O)N2CCCNc1ccccn1)c1ccccc1. The molecule has 0 spiro atoms. The Morgan fingerprint density at radius 1 is 1.09 bits per heavy atom. The highest BCUT2D eigenvalue weighted by atomic mass is 16.5. The maximum atomic E-state index is 12.4. The van der Waals surface area contributed by atoms with E-state index in [0.29, 0.717) is 24.5 Å². The number of carbonyl (C=O) groups excluding carboxylic acids is 1. The van der Waals surface area contributed by atoms with Crippen LogP contribution >= 0.6 is 0 Å². The Morgan fingerprint density at radius 2 is 1.91 bits per heavy atom. The maximum Gasteiger partial charge on any atom is 0.312 e. The van der Waals surface area contributed by atoms with Gasteiger partial charge < -0.3 is 25.4 Å². The van der Waals surface area contributed by atoms with Gasteiger partial charge in [-0.1, -0.05) is 36.4 Å². The fraction of sp³-hybridized carbons (Fsp3) is 0.240. The van der Waals surface area contributed by atoms with Crippen LogP contribution in [-0.4, -0.2) is 48.2 Å². The van der Waals surface area contributed by atoms with Crippen molar-refractivity contribution in [3.8, 4) is 5.75 Å². The Bertz CT molecular complexity index is 1090. The summed E-state index contributed by atoms with van der Waals surface area (Å²) < 4.78 is 5.65. The number of aliphatic carboxylic acids is 1. The van der Waals surface area contributed by atoms with Crippen LogP contribution in [0.15, 0.2) is 72.9 Å². The molecule has 0 aliphatic carbocycles. The zero-order valence-corrected chi connectivity index (χ0v) is 18.1. The van der Waals surface area contributed by atoms with Gasteiger partial charge in [0.1, 0.15) is 11.6 Å². The predicted octanol–water partition coefficient (Wildman–Crippen LogP) is 3.59. The summed E-state index contributed by atoms with van der Waals surface area (Å²) in [4.78, 5) is 30.1. The van der Waals surface area contributed by atoms with Gasteiger partial charge in [0.15, 0.2) is 6.61 Å². The average molecular weight is 447 g/mol. The van der Waals surface area contributed by atoms with Crippen LogP contribution in [0.3, 0.4) is 0 Å². The van der Waals surface area contributed by atoms with Crippen molar-refractivity contribution in [2.45, 2.75) is 12.3 Å². The van der Waals surface area contributed by atoms with Crippen LogP contribution in [0.5, 0.6) is 5.75 Å². The van der Waals surface area contributed by atoms with Crippen molar-refractivity contribution < 1.29 is 19.4 Å². The number of benzene rings is 2. The van der Waals surface area contributed by atoms with Gasteiger partial charge in [0.2, 0.25) is 0 Å². The van der Waals surface area contributed by atoms with E-state index in [0.717, 1.165) is 23.5 Å². The lowest BCUT2D eigenvalue weighted by Gasteiger charge is -2.30. The Balaban J connectivity index is 1.37. The van der Waals surface area contributed by atoms with Gasteiger partial charge in [-0.2, -0.15) is 0 Å². The van der Waals surface area contributed by atoms with Gasteiger partial charge in [-0.05, 0) is 36.2 Å². The number of amides is 1. The molecule has 1 atom stereocenters. The van der Waals surface area contributed by atoms with Gasteiger partial charge in [-0.3, -0.25) is 9.59 Å². The first-order chi connectivity index (χ1) is 16.1. The molecule has 3 N–H and O–H groups in total. The zero-order chi connectivity index (χ0) is 23.0. The van der Waals surface area contributed by atoms with E-state index in [1.807, 2.05) is 66.7 Å². The molecule has 0 radical (unpaired) electrons. The van der Waals surface area contributed by atoms with Gasteiger partial charge >= 0.3 is 5.97 Å². The molecule has 1 amide bonds. The number of ether oxygens (including phenoxy) is 1. The van der Waals surface area contributed by atoms with Crippen LogP contribution in [0.1, 0.15) is 17.9 Å². The minimum atomic E-state index is -0.890. The van der Waals surface area contributed by atoms with Crippen LogP contribution in [0.25, 0.3) is 0 Å². The standard InChI is InChI=1S/C25H26N4O4/c30-24-17-33-22-15-19(28-16-20(25(31)32)18-7-2-1-3-8-18)10-11-21(22)29(24)14-6-13-27-23-9-4-5-12-26-23/h1-5,7-12,15,20,28H,6,13-14,16-17H2,(H,26,27)(H,31,32). The summed E-state index contributed by atoms with van der Waals surface area (Å²) in [6, 6.07) is 20.3. The van der Waals surface area contributed by atoms with Gasteiger partial charge in [0.05, 0.1) is 11.6 Å². The van der Waals surface area contributed by atoms with Crippen molar-refractivity contribution >= 4 is 29.1 Å². The summed E-state index contributed by atoms with van der Waals surface area (Å²) in [5.41, 5.74) is 2.19. The molecular formula is C25H26N4O4. The van der Waals surface area contributed by atoms with Crippen molar-refractivity contribution in [2.75, 3.05) is 41.8 Å². The predicted molar refractivity (Wildman–Crippen MR) is 127 cm³/mol. The number of anilines is 3.